The maximum absolute atomic E-state index is 10.7. The van der Waals surface area contributed by atoms with Gasteiger partial charge in [0.15, 0.2) is 24.8 Å². The molecule has 0 fully saturated rings. The average molecular weight is 274 g/mol. The van der Waals surface area contributed by atoms with Crippen LogP contribution in [0, 0.1) is 10.4 Å². The first-order valence-corrected chi connectivity index (χ1v) is 6.77. The first kappa shape index (κ1) is 16.0. The van der Waals surface area contributed by atoms with Crippen molar-refractivity contribution in [1.29, 1.82) is 0 Å². The van der Waals surface area contributed by atoms with Gasteiger partial charge in [-0.05, 0) is 23.5 Å². The number of rotatable bonds is 2. The van der Waals surface area contributed by atoms with Crippen LogP contribution in [-0.2, 0) is 0 Å². The first-order chi connectivity index (χ1) is 9.40. The third kappa shape index (κ3) is 5.26. The zero-order valence-electron chi connectivity index (χ0n) is 12.5. The van der Waals surface area contributed by atoms with Crippen molar-refractivity contribution in [2.24, 2.45) is 0 Å². The maximum Gasteiger partial charge on any atom is 0.183 e. The molecule has 0 bridgehead atoms. The molecule has 108 valence electrons. The van der Waals surface area contributed by atoms with E-state index in [1.54, 1.807) is 12.3 Å². The number of pyridine rings is 2. The summed E-state index contributed by atoms with van der Waals surface area (Å²) in [5.41, 5.74) is 2.28. The van der Waals surface area contributed by atoms with Gasteiger partial charge in [-0.2, -0.15) is 9.46 Å². The molecule has 0 N–H and O–H groups in total. The predicted molar refractivity (Wildman–Crippen MR) is 79.0 cm³/mol. The van der Waals surface area contributed by atoms with E-state index in [1.165, 1.54) is 24.2 Å². The molecule has 0 aromatic carbocycles. The number of hydrogen-bond acceptors (Lipinski definition) is 2. The van der Waals surface area contributed by atoms with Crippen molar-refractivity contribution in [3.05, 3.63) is 70.6 Å². The van der Waals surface area contributed by atoms with Crippen molar-refractivity contribution in [1.82, 2.24) is 0 Å². The minimum absolute atomic E-state index is 0.432. The summed E-state index contributed by atoms with van der Waals surface area (Å²) in [6, 6.07) is 7.41. The standard InChI is InChI=1S/2C8H11NO/c1-7(2)8-3-5-9(10)6-4-8;1-7(2)8-4-3-5-9(10)6-8/h2*3-7H,1-2H3. The van der Waals surface area contributed by atoms with Gasteiger partial charge in [0.1, 0.15) is 0 Å². The molecule has 0 aliphatic carbocycles. The van der Waals surface area contributed by atoms with Gasteiger partial charge in [-0.3, -0.25) is 0 Å². The summed E-state index contributed by atoms with van der Waals surface area (Å²) in [5, 5.41) is 21.3. The Morgan fingerprint density at radius 1 is 0.750 bits per heavy atom. The van der Waals surface area contributed by atoms with Crippen molar-refractivity contribution < 1.29 is 9.46 Å². The Hall–Kier alpha value is -2.10. The molecule has 0 amide bonds. The minimum Gasteiger partial charge on any atom is -0.619 e. The fraction of sp³-hybridized carbons (Fsp3) is 0.375. The van der Waals surface area contributed by atoms with E-state index in [-0.39, 0.29) is 0 Å². The molecule has 4 nitrogen and oxygen atoms in total. The lowest BCUT2D eigenvalue weighted by Gasteiger charge is -2.02. The third-order valence-corrected chi connectivity index (χ3v) is 2.96. The quantitative estimate of drug-likeness (QED) is 0.624. The maximum atomic E-state index is 10.7. The van der Waals surface area contributed by atoms with E-state index >= 15 is 0 Å². The smallest absolute Gasteiger partial charge is 0.183 e. The van der Waals surface area contributed by atoms with E-state index in [4.69, 9.17) is 0 Å². The van der Waals surface area contributed by atoms with Gasteiger partial charge < -0.3 is 10.4 Å². The van der Waals surface area contributed by atoms with Crippen LogP contribution >= 0.6 is 0 Å². The van der Waals surface area contributed by atoms with Crippen LogP contribution in [0.4, 0.5) is 0 Å². The molecular formula is C16H22N2O2. The van der Waals surface area contributed by atoms with E-state index < -0.39 is 0 Å². The molecule has 0 radical (unpaired) electrons. The second-order valence-electron chi connectivity index (χ2n) is 5.30. The van der Waals surface area contributed by atoms with Gasteiger partial charge in [-0.25, -0.2) is 0 Å². The zero-order valence-corrected chi connectivity index (χ0v) is 12.5. The minimum atomic E-state index is 0.432. The third-order valence-electron chi connectivity index (χ3n) is 2.96. The highest BCUT2D eigenvalue weighted by Gasteiger charge is 2.00. The zero-order chi connectivity index (χ0) is 15.1. The average Bonchev–Trinajstić information content (AvgIpc) is 2.40. The SMILES string of the molecule is CC(C)c1cc[n+]([O-])cc1.CC(C)c1ccc[n+]([O-])c1. The summed E-state index contributed by atoms with van der Waals surface area (Å²) < 4.78 is 1.63. The summed E-state index contributed by atoms with van der Waals surface area (Å²) >= 11 is 0. The highest BCUT2D eigenvalue weighted by atomic mass is 16.5. The molecule has 2 aromatic rings. The first-order valence-electron chi connectivity index (χ1n) is 6.77. The molecule has 0 aliphatic heterocycles. The largest absolute Gasteiger partial charge is 0.619 e. The second kappa shape index (κ2) is 7.48. The van der Waals surface area contributed by atoms with Gasteiger partial charge >= 0.3 is 0 Å². The molecule has 0 atom stereocenters. The Balaban J connectivity index is 0.000000200. The van der Waals surface area contributed by atoms with Gasteiger partial charge in [-0.1, -0.05) is 27.7 Å². The molecule has 2 heterocycles. The van der Waals surface area contributed by atoms with Crippen LogP contribution < -0.4 is 9.46 Å². The lowest BCUT2D eigenvalue weighted by atomic mass is 10.1. The highest BCUT2D eigenvalue weighted by molar-refractivity contribution is 5.11. The predicted octanol–water partition coefficient (Wildman–Crippen LogP) is 2.89. The van der Waals surface area contributed by atoms with Crippen molar-refractivity contribution >= 4 is 0 Å². The molecule has 2 rings (SSSR count). The molecule has 0 saturated carbocycles. The topological polar surface area (TPSA) is 53.9 Å². The monoisotopic (exact) mass is 274 g/mol. The molecule has 0 spiro atoms. The van der Waals surface area contributed by atoms with Crippen LogP contribution in [0.2, 0.25) is 0 Å². The Morgan fingerprint density at radius 3 is 1.70 bits per heavy atom. The number of nitrogens with zero attached hydrogens (tertiary/aromatic N) is 2. The van der Waals surface area contributed by atoms with Gasteiger partial charge in [0.05, 0.1) is 0 Å². The number of hydrogen-bond donors (Lipinski definition) is 0. The van der Waals surface area contributed by atoms with E-state index in [9.17, 15) is 10.4 Å². The van der Waals surface area contributed by atoms with Crippen molar-refractivity contribution in [2.75, 3.05) is 0 Å². The van der Waals surface area contributed by atoms with Crippen LogP contribution in [0.3, 0.4) is 0 Å². The van der Waals surface area contributed by atoms with Crippen molar-refractivity contribution in [2.45, 2.75) is 39.5 Å². The van der Waals surface area contributed by atoms with E-state index in [0.717, 1.165) is 15.0 Å². The van der Waals surface area contributed by atoms with Crippen LogP contribution in [0.1, 0.15) is 50.7 Å². The fourth-order valence-corrected chi connectivity index (χ4v) is 1.62. The summed E-state index contributed by atoms with van der Waals surface area (Å²) in [7, 11) is 0. The Morgan fingerprint density at radius 2 is 1.30 bits per heavy atom. The van der Waals surface area contributed by atoms with Crippen molar-refractivity contribution in [3.63, 3.8) is 0 Å². The Kier molecular flexibility index (Phi) is 5.97. The summed E-state index contributed by atoms with van der Waals surface area (Å²) in [6.07, 6.45) is 6.14. The highest BCUT2D eigenvalue weighted by Crippen LogP contribution is 2.10. The summed E-state index contributed by atoms with van der Waals surface area (Å²) in [6.45, 7) is 8.33. The molecular weight excluding hydrogens is 252 g/mol. The lowest BCUT2D eigenvalue weighted by molar-refractivity contribution is -0.606. The molecule has 2 aromatic heterocycles. The van der Waals surface area contributed by atoms with Gasteiger partial charge in [0.2, 0.25) is 0 Å². The molecule has 20 heavy (non-hydrogen) atoms. The van der Waals surface area contributed by atoms with Gasteiger partial charge in [-0.15, -0.1) is 0 Å². The van der Waals surface area contributed by atoms with E-state index in [2.05, 4.69) is 27.7 Å². The second-order valence-corrected chi connectivity index (χ2v) is 5.30. The van der Waals surface area contributed by atoms with Crippen molar-refractivity contribution in [3.8, 4) is 0 Å². The molecule has 0 aliphatic rings. The Bertz CT molecular complexity index is 522. The van der Waals surface area contributed by atoms with Crippen LogP contribution in [0.15, 0.2) is 49.1 Å². The fourth-order valence-electron chi connectivity index (χ4n) is 1.62. The normalized spacial score (nSPS) is 10.3. The molecule has 0 unspecified atom stereocenters. The van der Waals surface area contributed by atoms with Gasteiger partial charge in [0, 0.05) is 23.8 Å². The Labute approximate surface area is 120 Å². The van der Waals surface area contributed by atoms with Crippen LogP contribution in [0.25, 0.3) is 0 Å². The number of aromatic nitrogens is 2. The van der Waals surface area contributed by atoms with E-state index in [1.807, 2.05) is 18.2 Å². The molecule has 0 saturated heterocycles. The van der Waals surface area contributed by atoms with Gasteiger partial charge in [0.25, 0.3) is 0 Å². The van der Waals surface area contributed by atoms with E-state index in [0.29, 0.717) is 11.8 Å². The lowest BCUT2D eigenvalue weighted by Crippen LogP contribution is -2.24. The van der Waals surface area contributed by atoms with Crippen LogP contribution in [-0.4, -0.2) is 0 Å². The summed E-state index contributed by atoms with van der Waals surface area (Å²) in [4.78, 5) is 0. The molecule has 4 heteroatoms. The summed E-state index contributed by atoms with van der Waals surface area (Å²) in [5.74, 6) is 0.933. The van der Waals surface area contributed by atoms with Crippen LogP contribution in [0.5, 0.6) is 0 Å².